The summed E-state index contributed by atoms with van der Waals surface area (Å²) in [5.41, 5.74) is 18.7. The van der Waals surface area contributed by atoms with Gasteiger partial charge < -0.3 is 24.8 Å². The average molecular weight is 767 g/mol. The van der Waals surface area contributed by atoms with E-state index in [0.717, 1.165) is 0 Å². The summed E-state index contributed by atoms with van der Waals surface area (Å²) in [6, 6.07) is 22.1. The Morgan fingerprint density at radius 2 is 1.20 bits per heavy atom. The molecule has 3 heteroatoms. The smallest absolute Gasteiger partial charge is 1.00 e. The fourth-order valence-electron chi connectivity index (χ4n) is 10.2. The van der Waals surface area contributed by atoms with Gasteiger partial charge in [-0.1, -0.05) is 0 Å². The van der Waals surface area contributed by atoms with Crippen molar-refractivity contribution in [2.24, 2.45) is 11.3 Å². The van der Waals surface area contributed by atoms with Crippen LogP contribution in [0.1, 0.15) is 137 Å². The van der Waals surface area contributed by atoms with Gasteiger partial charge in [-0.05, 0) is 0 Å². The Hall–Kier alpha value is -2.05. The fraction of sp³-hybridized carbons (Fsp3) is 0.413. The molecule has 1 unspecified atom stereocenters. The summed E-state index contributed by atoms with van der Waals surface area (Å²) >= 11 is -2.66. The number of rotatable bonds is 4. The van der Waals surface area contributed by atoms with E-state index in [-0.39, 0.29) is 35.6 Å². The number of fused-ring (bicyclic) bond motifs is 5. The van der Waals surface area contributed by atoms with Gasteiger partial charge in [-0.3, -0.25) is 0 Å². The van der Waals surface area contributed by atoms with E-state index in [9.17, 15) is 0 Å². The van der Waals surface area contributed by atoms with Crippen molar-refractivity contribution in [1.29, 1.82) is 0 Å². The van der Waals surface area contributed by atoms with Crippen LogP contribution in [0.25, 0.3) is 22.3 Å². The number of hydrogen-bond donors (Lipinski definition) is 0. The number of halogens is 2. The van der Waals surface area contributed by atoms with Gasteiger partial charge in [-0.2, -0.15) is 0 Å². The van der Waals surface area contributed by atoms with Crippen LogP contribution in [0.2, 0.25) is 0 Å². The number of allylic oxidation sites excluding steroid dienone is 8. The third kappa shape index (κ3) is 5.78. The average Bonchev–Trinajstić information content (AvgIpc) is 3.71. The van der Waals surface area contributed by atoms with Gasteiger partial charge in [0.05, 0.1) is 0 Å². The third-order valence-corrected chi connectivity index (χ3v) is 21.4. The van der Waals surface area contributed by atoms with E-state index in [2.05, 4.69) is 141 Å². The standard InChI is InChI=1S/C25H25.C13H19.C8H8.2ClH.Zr/c1-14-12-24(3,4)22-8-16-7-17-9-23-19(15(2)13-25(23,5)6)11-21(17)20(16)10-18(14)22;1-11-6-7-12(10-11)13(2)8-4-3-5-9-13;1-2-8-6-4-3-5-7-8;;;/h7-13H,1-6H3;7,10-11H,3-5,8-9H2,1-2H3;3-7H,1H3;2*1H;/q;;;;;+2/p-2. The van der Waals surface area contributed by atoms with Crippen molar-refractivity contribution in [2.45, 2.75) is 109 Å². The predicted molar refractivity (Wildman–Crippen MR) is 200 cm³/mol. The van der Waals surface area contributed by atoms with Crippen molar-refractivity contribution in [3.05, 3.63) is 127 Å². The van der Waals surface area contributed by atoms with Gasteiger partial charge in [0, 0.05) is 0 Å². The summed E-state index contributed by atoms with van der Waals surface area (Å²) < 4.78 is 3.97. The molecule has 0 amide bonds. The van der Waals surface area contributed by atoms with Crippen LogP contribution in [0.15, 0.2) is 87.8 Å². The Balaban J connectivity index is 0.00000208. The molecular weight excluding hydrogens is 715 g/mol. The first kappa shape index (κ1) is 36.7. The monoisotopic (exact) mass is 764 g/mol. The Labute approximate surface area is 316 Å². The maximum absolute atomic E-state index is 2.78. The maximum Gasteiger partial charge on any atom is -1.00 e. The zero-order valence-electron chi connectivity index (χ0n) is 31.0. The Kier molecular flexibility index (Phi) is 9.65. The largest absolute Gasteiger partial charge is 1.00 e. The molecule has 0 aromatic heterocycles. The number of benzene rings is 3. The molecule has 5 aliphatic rings. The Morgan fingerprint density at radius 3 is 1.71 bits per heavy atom. The normalized spacial score (nSPS) is 22.3. The van der Waals surface area contributed by atoms with Gasteiger partial charge in [-0.25, -0.2) is 0 Å². The molecule has 3 aromatic rings. The third-order valence-electron chi connectivity index (χ3n) is 12.8. The second-order valence-electron chi connectivity index (χ2n) is 17.0. The first-order chi connectivity index (χ1) is 22.3. The first-order valence-electron chi connectivity index (χ1n) is 18.3. The van der Waals surface area contributed by atoms with Gasteiger partial charge in [-0.15, -0.1) is 0 Å². The summed E-state index contributed by atoms with van der Waals surface area (Å²) in [4.78, 5) is 0. The maximum atomic E-state index is 2.78. The zero-order valence-corrected chi connectivity index (χ0v) is 34.9. The minimum Gasteiger partial charge on any atom is -1.00 e. The van der Waals surface area contributed by atoms with Crippen LogP contribution in [0.5, 0.6) is 0 Å². The molecule has 0 saturated heterocycles. The van der Waals surface area contributed by atoms with E-state index < -0.39 is 21.3 Å². The zero-order chi connectivity index (χ0) is 33.0. The van der Waals surface area contributed by atoms with Crippen molar-refractivity contribution in [2.75, 3.05) is 0 Å². The molecule has 0 nitrogen and oxygen atoms in total. The van der Waals surface area contributed by atoms with E-state index in [1.165, 1.54) is 82.2 Å². The molecule has 0 bridgehead atoms. The molecule has 5 aliphatic carbocycles. The Morgan fingerprint density at radius 1 is 0.694 bits per heavy atom. The van der Waals surface area contributed by atoms with Gasteiger partial charge in [0.2, 0.25) is 0 Å². The van der Waals surface area contributed by atoms with Crippen LogP contribution >= 0.6 is 0 Å². The van der Waals surface area contributed by atoms with E-state index in [1.807, 2.05) is 3.28 Å². The summed E-state index contributed by atoms with van der Waals surface area (Å²) in [5, 5.41) is 0. The van der Waals surface area contributed by atoms with Gasteiger partial charge in [0.25, 0.3) is 0 Å². The van der Waals surface area contributed by atoms with E-state index in [1.54, 1.807) is 19.9 Å². The molecule has 0 heterocycles. The molecule has 0 aliphatic heterocycles. The molecule has 1 atom stereocenters. The van der Waals surface area contributed by atoms with Crippen LogP contribution in [0.3, 0.4) is 0 Å². The molecule has 0 N–H and O–H groups in total. The van der Waals surface area contributed by atoms with Crippen LogP contribution < -0.4 is 24.8 Å². The molecule has 49 heavy (non-hydrogen) atoms. The summed E-state index contributed by atoms with van der Waals surface area (Å²) in [5.74, 6) is 0.508. The van der Waals surface area contributed by atoms with Crippen molar-refractivity contribution < 1.29 is 46.1 Å². The van der Waals surface area contributed by atoms with Crippen molar-refractivity contribution in [3.63, 3.8) is 0 Å². The van der Waals surface area contributed by atoms with E-state index in [4.69, 9.17) is 0 Å². The van der Waals surface area contributed by atoms with Crippen molar-refractivity contribution >= 4 is 14.4 Å². The van der Waals surface area contributed by atoms with Gasteiger partial charge >= 0.3 is 294 Å². The van der Waals surface area contributed by atoms with Crippen LogP contribution in [0.4, 0.5) is 0 Å². The number of hydrogen-bond acceptors (Lipinski definition) is 0. The predicted octanol–water partition coefficient (Wildman–Crippen LogP) is 6.44. The van der Waals surface area contributed by atoms with Crippen molar-refractivity contribution in [1.82, 2.24) is 0 Å². The molecule has 3 aromatic carbocycles. The molecule has 1 fully saturated rings. The molecule has 254 valence electrons. The quantitative estimate of drug-likeness (QED) is 0.287. The molecule has 0 radical (unpaired) electrons. The van der Waals surface area contributed by atoms with Crippen molar-refractivity contribution in [3.8, 4) is 11.1 Å². The minimum absolute atomic E-state index is 0. The van der Waals surface area contributed by atoms with Gasteiger partial charge in [0.15, 0.2) is 0 Å². The summed E-state index contributed by atoms with van der Waals surface area (Å²) in [6.07, 6.45) is 17.3. The summed E-state index contributed by atoms with van der Waals surface area (Å²) in [7, 11) is 0. The van der Waals surface area contributed by atoms with E-state index in [0.29, 0.717) is 15.0 Å². The van der Waals surface area contributed by atoms with Crippen LogP contribution in [-0.2, 0) is 32.1 Å². The van der Waals surface area contributed by atoms with Gasteiger partial charge in [0.1, 0.15) is 0 Å². The van der Waals surface area contributed by atoms with Crippen LogP contribution in [0, 0.1) is 11.3 Å². The second-order valence-corrected chi connectivity index (χ2v) is 23.8. The first-order valence-corrected chi connectivity index (χ1v) is 22.1. The molecule has 8 rings (SSSR count). The van der Waals surface area contributed by atoms with E-state index >= 15 is 0 Å². The molecular formula is C46H52Cl2Zr. The fourth-order valence-corrected chi connectivity index (χ4v) is 19.2. The Bertz CT molecular complexity index is 1920. The SMILES string of the molecule is CC1=CC(C)(C)c2cc3c(cc21)-c1cc2c(cc1[CH]3/[Zr+2]([C]1=CC(C3(C)CCCCC3)=CC1C)=[C](\C)c1ccccc1)C(C)(C)C=C2C.[Cl-].[Cl-]. The molecule has 0 spiro atoms. The minimum atomic E-state index is -2.66. The molecule has 1 saturated carbocycles. The second kappa shape index (κ2) is 12.9. The summed E-state index contributed by atoms with van der Waals surface area (Å²) in [6.45, 7) is 21.9. The topological polar surface area (TPSA) is 0 Å². The van der Waals surface area contributed by atoms with Crippen LogP contribution in [-0.4, -0.2) is 3.21 Å².